The van der Waals surface area contributed by atoms with Gasteiger partial charge in [0.05, 0.1) is 5.71 Å². The largest absolute Gasteiger partial charge is 0.508 e. The molecule has 0 saturated carbocycles. The quantitative estimate of drug-likeness (QED) is 0.550. The Morgan fingerprint density at radius 3 is 2.39 bits per heavy atom. The molecule has 0 aliphatic heterocycles. The highest BCUT2D eigenvalue weighted by molar-refractivity contribution is 6.09. The summed E-state index contributed by atoms with van der Waals surface area (Å²) in [5.41, 5.74) is 6.93. The minimum Gasteiger partial charge on any atom is -0.508 e. The Kier molecular flexibility index (Phi) is 5.58. The van der Waals surface area contributed by atoms with Crippen LogP contribution in [0.1, 0.15) is 56.2 Å². The molecule has 158 valence electrons. The number of phenolic OH excluding ortho intramolecular Hbond substituents is 1. The fraction of sp³-hybridized carbons (Fsp3) is 0.208. The number of hydrogen-bond donors (Lipinski definition) is 3. The van der Waals surface area contributed by atoms with E-state index in [1.54, 1.807) is 0 Å². The summed E-state index contributed by atoms with van der Waals surface area (Å²) < 4.78 is 5.90. The van der Waals surface area contributed by atoms with Crippen LogP contribution in [0, 0.1) is 13.8 Å². The third-order valence-corrected chi connectivity index (χ3v) is 5.26. The molecule has 0 atom stereocenters. The van der Waals surface area contributed by atoms with E-state index in [-0.39, 0.29) is 23.3 Å². The number of carbonyl (C=O) groups is 2. The van der Waals surface area contributed by atoms with Gasteiger partial charge in [-0.15, -0.1) is 0 Å². The molecule has 4 rings (SSSR count). The van der Waals surface area contributed by atoms with Crippen LogP contribution in [0.5, 0.6) is 5.75 Å². The Hall–Kier alpha value is -3.87. The predicted octanol–water partition coefficient (Wildman–Crippen LogP) is 4.32. The maximum Gasteiger partial charge on any atom is 0.291 e. The van der Waals surface area contributed by atoms with Gasteiger partial charge in [0.1, 0.15) is 11.5 Å². The van der Waals surface area contributed by atoms with Crippen LogP contribution in [0.25, 0.3) is 0 Å². The summed E-state index contributed by atoms with van der Waals surface area (Å²) in [7, 11) is 0. The highest BCUT2D eigenvalue weighted by Gasteiger charge is 2.28. The molecule has 7 heteroatoms. The number of furan rings is 1. The van der Waals surface area contributed by atoms with Crippen LogP contribution in [0.15, 0.2) is 58.0 Å². The average molecular weight is 417 g/mol. The standard InChI is InChI=1S/C24H23N3O4/c1-14-6-10-17(11-7-14)25-24(30)22-15(2)21-19(4-3-5-20(21)31-22)26-27-23(29)16-8-12-18(28)13-9-16/h6-13,28H,3-5H2,1-2H3,(H,25,30)(H,27,29)/b26-19+. The summed E-state index contributed by atoms with van der Waals surface area (Å²) in [4.78, 5) is 25.1. The molecule has 31 heavy (non-hydrogen) atoms. The van der Waals surface area contributed by atoms with E-state index in [1.165, 1.54) is 24.3 Å². The van der Waals surface area contributed by atoms with Crippen LogP contribution in [0.2, 0.25) is 0 Å². The molecule has 0 radical (unpaired) electrons. The number of anilines is 1. The first kappa shape index (κ1) is 20.4. The minimum atomic E-state index is -0.377. The summed E-state index contributed by atoms with van der Waals surface area (Å²) in [5.74, 6) is 0.354. The summed E-state index contributed by atoms with van der Waals surface area (Å²) in [6.07, 6.45) is 2.19. The van der Waals surface area contributed by atoms with Gasteiger partial charge in [0.25, 0.3) is 11.8 Å². The fourth-order valence-electron chi connectivity index (χ4n) is 3.62. The van der Waals surface area contributed by atoms with Gasteiger partial charge in [-0.25, -0.2) is 5.43 Å². The molecule has 3 aromatic rings. The second kappa shape index (κ2) is 8.47. The number of rotatable bonds is 4. The number of nitrogens with zero attached hydrogens (tertiary/aromatic N) is 1. The second-order valence-electron chi connectivity index (χ2n) is 7.57. The molecule has 1 heterocycles. The maximum atomic E-state index is 12.8. The van der Waals surface area contributed by atoms with E-state index >= 15 is 0 Å². The molecule has 0 bridgehead atoms. The van der Waals surface area contributed by atoms with Crippen LogP contribution in [0.4, 0.5) is 5.69 Å². The molecule has 0 saturated heterocycles. The average Bonchev–Trinajstić information content (AvgIpc) is 3.11. The van der Waals surface area contributed by atoms with E-state index in [4.69, 9.17) is 4.42 Å². The summed E-state index contributed by atoms with van der Waals surface area (Å²) >= 11 is 0. The van der Waals surface area contributed by atoms with Crippen molar-refractivity contribution in [2.24, 2.45) is 5.10 Å². The number of nitrogens with one attached hydrogen (secondary N) is 2. The van der Waals surface area contributed by atoms with Crippen LogP contribution in [-0.2, 0) is 6.42 Å². The van der Waals surface area contributed by atoms with Gasteiger partial charge in [0.2, 0.25) is 0 Å². The molecule has 0 unspecified atom stereocenters. The molecule has 1 aliphatic carbocycles. The van der Waals surface area contributed by atoms with E-state index in [2.05, 4.69) is 15.8 Å². The lowest BCUT2D eigenvalue weighted by Gasteiger charge is -2.13. The summed E-state index contributed by atoms with van der Waals surface area (Å²) in [6.45, 7) is 3.81. The lowest BCUT2D eigenvalue weighted by atomic mass is 9.93. The number of fused-ring (bicyclic) bond motifs is 1. The SMILES string of the molecule is Cc1ccc(NC(=O)c2oc3c(c2C)/C(=N/NC(=O)c2ccc(O)cc2)CCC3)cc1. The van der Waals surface area contributed by atoms with Gasteiger partial charge in [-0.05, 0) is 63.1 Å². The molecule has 7 nitrogen and oxygen atoms in total. The van der Waals surface area contributed by atoms with E-state index in [1.807, 2.05) is 38.1 Å². The molecule has 1 aromatic heterocycles. The molecule has 0 fully saturated rings. The van der Waals surface area contributed by atoms with Gasteiger partial charge in [-0.1, -0.05) is 17.7 Å². The number of carbonyl (C=O) groups excluding carboxylic acids is 2. The van der Waals surface area contributed by atoms with E-state index in [0.717, 1.165) is 17.5 Å². The van der Waals surface area contributed by atoms with Gasteiger partial charge in [0.15, 0.2) is 5.76 Å². The zero-order valence-electron chi connectivity index (χ0n) is 17.4. The first-order chi connectivity index (χ1) is 14.9. The predicted molar refractivity (Wildman–Crippen MR) is 118 cm³/mol. The van der Waals surface area contributed by atoms with Crippen LogP contribution in [-0.4, -0.2) is 22.6 Å². The zero-order valence-corrected chi connectivity index (χ0v) is 17.4. The molecular weight excluding hydrogens is 394 g/mol. The van der Waals surface area contributed by atoms with Crippen molar-refractivity contribution in [3.05, 3.63) is 82.3 Å². The number of aryl methyl sites for hydroxylation is 2. The highest BCUT2D eigenvalue weighted by atomic mass is 16.4. The Labute approximate surface area is 179 Å². The van der Waals surface area contributed by atoms with Crippen LogP contribution in [0.3, 0.4) is 0 Å². The monoisotopic (exact) mass is 417 g/mol. The van der Waals surface area contributed by atoms with Gasteiger partial charge in [-0.3, -0.25) is 9.59 Å². The molecule has 2 aromatic carbocycles. The molecule has 0 spiro atoms. The highest BCUT2D eigenvalue weighted by Crippen LogP contribution is 2.30. The van der Waals surface area contributed by atoms with Crippen molar-refractivity contribution in [3.63, 3.8) is 0 Å². The summed E-state index contributed by atoms with van der Waals surface area (Å²) in [5, 5.41) is 16.5. The molecule has 3 N–H and O–H groups in total. The Morgan fingerprint density at radius 1 is 0.968 bits per heavy atom. The third-order valence-electron chi connectivity index (χ3n) is 5.26. The Balaban J connectivity index is 1.55. The number of hydrazone groups is 1. The van der Waals surface area contributed by atoms with Gasteiger partial charge in [-0.2, -0.15) is 5.10 Å². The van der Waals surface area contributed by atoms with Gasteiger partial charge in [0, 0.05) is 28.8 Å². The van der Waals surface area contributed by atoms with Crippen molar-refractivity contribution < 1.29 is 19.1 Å². The van der Waals surface area contributed by atoms with Crippen molar-refractivity contribution >= 4 is 23.2 Å². The number of phenols is 1. The van der Waals surface area contributed by atoms with Gasteiger partial charge < -0.3 is 14.8 Å². The van der Waals surface area contributed by atoms with E-state index in [9.17, 15) is 14.7 Å². The minimum absolute atomic E-state index is 0.0882. The zero-order chi connectivity index (χ0) is 22.0. The Bertz CT molecular complexity index is 1160. The van der Waals surface area contributed by atoms with Crippen molar-refractivity contribution in [2.45, 2.75) is 33.1 Å². The first-order valence-corrected chi connectivity index (χ1v) is 10.1. The molecule has 2 amide bonds. The van der Waals surface area contributed by atoms with E-state index < -0.39 is 0 Å². The fourth-order valence-corrected chi connectivity index (χ4v) is 3.62. The number of aromatic hydroxyl groups is 1. The maximum absolute atomic E-state index is 12.8. The van der Waals surface area contributed by atoms with Crippen LogP contribution >= 0.6 is 0 Å². The Morgan fingerprint density at radius 2 is 1.68 bits per heavy atom. The second-order valence-corrected chi connectivity index (χ2v) is 7.57. The van der Waals surface area contributed by atoms with Crippen molar-refractivity contribution in [1.29, 1.82) is 0 Å². The van der Waals surface area contributed by atoms with Crippen molar-refractivity contribution in [3.8, 4) is 5.75 Å². The summed E-state index contributed by atoms with van der Waals surface area (Å²) in [6, 6.07) is 13.5. The van der Waals surface area contributed by atoms with E-state index in [0.29, 0.717) is 41.1 Å². The van der Waals surface area contributed by atoms with Gasteiger partial charge >= 0.3 is 0 Å². The lowest BCUT2D eigenvalue weighted by molar-refractivity contribution is 0.0953. The molecular formula is C24H23N3O4. The van der Waals surface area contributed by atoms with Crippen molar-refractivity contribution in [2.75, 3.05) is 5.32 Å². The third kappa shape index (κ3) is 4.35. The van der Waals surface area contributed by atoms with Crippen LogP contribution < -0.4 is 10.7 Å². The number of hydrogen-bond acceptors (Lipinski definition) is 5. The smallest absolute Gasteiger partial charge is 0.291 e. The first-order valence-electron chi connectivity index (χ1n) is 10.1. The lowest BCUT2D eigenvalue weighted by Crippen LogP contribution is -2.22. The molecule has 1 aliphatic rings. The van der Waals surface area contributed by atoms with Crippen molar-refractivity contribution in [1.82, 2.24) is 5.43 Å². The number of amides is 2. The number of benzene rings is 2. The normalized spacial score (nSPS) is 14.2. The topological polar surface area (TPSA) is 104 Å².